The lowest BCUT2D eigenvalue weighted by atomic mass is 9.56. The molecule has 4 heteroatoms. The number of rotatable bonds is 8. The predicted molar refractivity (Wildman–Crippen MR) is 128 cm³/mol. The van der Waals surface area contributed by atoms with Gasteiger partial charge in [-0.3, -0.25) is 0 Å². The van der Waals surface area contributed by atoms with Crippen molar-refractivity contribution in [2.45, 2.75) is 31.5 Å². The molecule has 3 aromatic carbocycles. The number of benzene rings is 3. The van der Waals surface area contributed by atoms with E-state index in [-0.39, 0.29) is 11.2 Å². The molecule has 2 bridgehead atoms. The molecule has 3 aliphatic heterocycles. The van der Waals surface area contributed by atoms with Crippen LogP contribution >= 0.6 is 0 Å². The van der Waals surface area contributed by atoms with Crippen molar-refractivity contribution in [1.82, 2.24) is 0 Å². The second kappa shape index (κ2) is 9.02. The molecule has 33 heavy (non-hydrogen) atoms. The van der Waals surface area contributed by atoms with E-state index < -0.39 is 5.60 Å². The largest absolute Gasteiger partial charge is 0.380 e. The number of ether oxygens (including phenoxy) is 1. The number of nitrogens with zero attached hydrogens (tertiary/aromatic N) is 1. The maximum absolute atomic E-state index is 13.1. The summed E-state index contributed by atoms with van der Waals surface area (Å²) in [6.45, 7) is 5.43. The zero-order valence-electron chi connectivity index (χ0n) is 19.1. The molecule has 0 radical (unpaired) electrons. The molecule has 3 aromatic rings. The number of hydrogen-bond acceptors (Lipinski definition) is 2. The molecule has 0 spiro atoms. The highest BCUT2D eigenvalue weighted by molar-refractivity contribution is 5.39. The Morgan fingerprint density at radius 2 is 1.30 bits per heavy atom. The van der Waals surface area contributed by atoms with Crippen molar-refractivity contribution in [3.63, 3.8) is 0 Å². The third-order valence-corrected chi connectivity index (χ3v) is 8.24. The number of piperidine rings is 3. The van der Waals surface area contributed by atoms with E-state index >= 15 is 0 Å². The molecular weight excluding hydrogens is 413 g/mol. The van der Waals surface area contributed by atoms with Gasteiger partial charge in [0.2, 0.25) is 0 Å². The van der Waals surface area contributed by atoms with Gasteiger partial charge in [0.15, 0.2) is 0 Å². The molecule has 3 nitrogen and oxygen atoms in total. The van der Waals surface area contributed by atoms with E-state index in [4.69, 9.17) is 4.74 Å². The first kappa shape index (κ1) is 22.3. The van der Waals surface area contributed by atoms with E-state index in [1.54, 1.807) is 12.1 Å². The number of hydrogen-bond donors (Lipinski definition) is 1. The van der Waals surface area contributed by atoms with Crippen molar-refractivity contribution in [2.24, 2.45) is 5.41 Å². The third-order valence-electron chi connectivity index (χ3n) is 8.24. The Labute approximate surface area is 196 Å². The lowest BCUT2D eigenvalue weighted by Gasteiger charge is -2.60. The molecule has 0 aliphatic carbocycles. The lowest BCUT2D eigenvalue weighted by Crippen LogP contribution is -2.67. The van der Waals surface area contributed by atoms with Crippen molar-refractivity contribution in [3.05, 3.63) is 107 Å². The van der Waals surface area contributed by atoms with E-state index in [1.807, 2.05) is 36.4 Å². The molecule has 6 rings (SSSR count). The molecule has 0 aromatic heterocycles. The average molecular weight is 447 g/mol. The molecule has 0 atom stereocenters. The Balaban J connectivity index is 1.28. The third kappa shape index (κ3) is 4.12. The van der Waals surface area contributed by atoms with Crippen LogP contribution in [0.2, 0.25) is 0 Å². The minimum absolute atomic E-state index is 0.148. The van der Waals surface area contributed by atoms with Crippen LogP contribution in [0.15, 0.2) is 84.9 Å². The van der Waals surface area contributed by atoms with Gasteiger partial charge in [-0.15, -0.1) is 0 Å². The SMILES string of the molecule is OC(c1ccccc1)(c1ccccc1)C12CC[N+](CCOCc3ccc(F)cc3)(CC1)CC2. The van der Waals surface area contributed by atoms with Crippen LogP contribution in [0, 0.1) is 11.2 Å². The Hall–Kier alpha value is -2.53. The maximum atomic E-state index is 13.1. The number of halogens is 1. The van der Waals surface area contributed by atoms with E-state index in [0.717, 1.165) is 66.6 Å². The molecule has 1 N–H and O–H groups in total. The molecule has 3 heterocycles. The summed E-state index contributed by atoms with van der Waals surface area (Å²) in [6, 6.07) is 27.0. The normalized spacial score (nSPS) is 24.7. The number of aliphatic hydroxyl groups is 1. The van der Waals surface area contributed by atoms with Gasteiger partial charge < -0.3 is 14.3 Å². The van der Waals surface area contributed by atoms with Crippen LogP contribution in [-0.4, -0.2) is 42.4 Å². The summed E-state index contributed by atoms with van der Waals surface area (Å²) in [6.07, 6.45) is 3.02. The van der Waals surface area contributed by atoms with Crippen LogP contribution in [0.5, 0.6) is 0 Å². The van der Waals surface area contributed by atoms with Crippen LogP contribution in [0.4, 0.5) is 4.39 Å². The minimum Gasteiger partial charge on any atom is -0.380 e. The highest BCUT2D eigenvalue weighted by Crippen LogP contribution is 2.57. The highest BCUT2D eigenvalue weighted by Gasteiger charge is 2.60. The Kier molecular flexibility index (Phi) is 6.09. The quantitative estimate of drug-likeness (QED) is 0.377. The molecule has 0 amide bonds. The fraction of sp³-hybridized carbons (Fsp3) is 0.379. The van der Waals surface area contributed by atoms with Gasteiger partial charge in [-0.1, -0.05) is 72.8 Å². The second-order valence-electron chi connectivity index (χ2n) is 9.89. The molecule has 3 fully saturated rings. The molecule has 0 unspecified atom stereocenters. The van der Waals surface area contributed by atoms with Gasteiger partial charge in [0, 0.05) is 24.7 Å². The molecular formula is C29H33FNO2+. The van der Waals surface area contributed by atoms with Crippen LogP contribution in [0.25, 0.3) is 0 Å². The summed E-state index contributed by atoms with van der Waals surface area (Å²) in [4.78, 5) is 0. The van der Waals surface area contributed by atoms with Gasteiger partial charge in [0.25, 0.3) is 0 Å². The zero-order chi connectivity index (χ0) is 22.8. The lowest BCUT2D eigenvalue weighted by molar-refractivity contribution is -0.946. The van der Waals surface area contributed by atoms with Gasteiger partial charge in [-0.05, 0) is 28.8 Å². The molecule has 172 valence electrons. The van der Waals surface area contributed by atoms with Crippen molar-refractivity contribution in [2.75, 3.05) is 32.8 Å². The fourth-order valence-corrected chi connectivity index (χ4v) is 6.11. The minimum atomic E-state index is -0.981. The van der Waals surface area contributed by atoms with Gasteiger partial charge >= 0.3 is 0 Å². The monoisotopic (exact) mass is 446 g/mol. The topological polar surface area (TPSA) is 29.5 Å². The van der Waals surface area contributed by atoms with Crippen LogP contribution in [0.1, 0.15) is 36.0 Å². The predicted octanol–water partition coefficient (Wildman–Crippen LogP) is 5.28. The van der Waals surface area contributed by atoms with Crippen molar-refractivity contribution >= 4 is 0 Å². The maximum Gasteiger partial charge on any atom is 0.123 e. The smallest absolute Gasteiger partial charge is 0.123 e. The summed E-state index contributed by atoms with van der Waals surface area (Å²) < 4.78 is 20.1. The number of fused-ring (bicyclic) bond motifs is 3. The van der Waals surface area contributed by atoms with Crippen LogP contribution in [-0.2, 0) is 16.9 Å². The molecule has 3 aliphatic rings. The molecule has 0 saturated carbocycles. The Morgan fingerprint density at radius 3 is 1.82 bits per heavy atom. The van der Waals surface area contributed by atoms with Crippen LogP contribution in [0.3, 0.4) is 0 Å². The fourth-order valence-electron chi connectivity index (χ4n) is 6.11. The standard InChI is InChI=1S/C29H33FNO2/c30-27-13-11-24(12-14-27)23-33-22-21-31-18-15-28(16-19-31,17-20-31)29(32,25-7-3-1-4-8-25)26-9-5-2-6-10-26/h1-14,32H,15-23H2/q+1. The summed E-state index contributed by atoms with van der Waals surface area (Å²) in [5.74, 6) is -0.215. The first-order valence-electron chi connectivity index (χ1n) is 12.1. The van der Waals surface area contributed by atoms with Crippen molar-refractivity contribution in [3.8, 4) is 0 Å². The average Bonchev–Trinajstić information content (AvgIpc) is 2.89. The second-order valence-corrected chi connectivity index (χ2v) is 9.89. The van der Waals surface area contributed by atoms with E-state index in [1.165, 1.54) is 12.1 Å². The van der Waals surface area contributed by atoms with Crippen LogP contribution < -0.4 is 0 Å². The summed E-state index contributed by atoms with van der Waals surface area (Å²) in [7, 11) is 0. The van der Waals surface area contributed by atoms with Crippen molar-refractivity contribution < 1.29 is 18.7 Å². The van der Waals surface area contributed by atoms with E-state index in [0.29, 0.717) is 13.2 Å². The van der Waals surface area contributed by atoms with Gasteiger partial charge in [0.05, 0.1) is 32.8 Å². The Bertz CT molecular complexity index is 988. The number of quaternary nitrogens is 1. The van der Waals surface area contributed by atoms with Gasteiger partial charge in [-0.2, -0.15) is 0 Å². The molecule has 3 saturated heterocycles. The summed E-state index contributed by atoms with van der Waals surface area (Å²) >= 11 is 0. The first-order valence-corrected chi connectivity index (χ1v) is 12.1. The first-order chi connectivity index (χ1) is 16.1. The van der Waals surface area contributed by atoms with Gasteiger partial charge in [-0.25, -0.2) is 4.39 Å². The highest BCUT2D eigenvalue weighted by atomic mass is 19.1. The van der Waals surface area contributed by atoms with Gasteiger partial charge in [0.1, 0.15) is 18.0 Å². The summed E-state index contributed by atoms with van der Waals surface area (Å²) in [5, 5.41) is 12.4. The summed E-state index contributed by atoms with van der Waals surface area (Å²) in [5.41, 5.74) is 1.88. The zero-order valence-corrected chi connectivity index (χ0v) is 19.1. The van der Waals surface area contributed by atoms with E-state index in [9.17, 15) is 9.50 Å². The van der Waals surface area contributed by atoms with Crippen molar-refractivity contribution in [1.29, 1.82) is 0 Å². The van der Waals surface area contributed by atoms with E-state index in [2.05, 4.69) is 24.3 Å². The Morgan fingerprint density at radius 1 is 0.788 bits per heavy atom.